The number of amides is 1. The summed E-state index contributed by atoms with van der Waals surface area (Å²) in [6, 6.07) is 7.42. The third-order valence-electron chi connectivity index (χ3n) is 2.99. The molecule has 1 aromatic heterocycles. The van der Waals surface area contributed by atoms with Crippen LogP contribution in [0.1, 0.15) is 25.8 Å². The molecule has 5 nitrogen and oxygen atoms in total. The minimum Gasteiger partial charge on any atom is -0.497 e. The molecule has 2 aromatic rings. The van der Waals surface area contributed by atoms with Crippen LogP contribution in [0.4, 0.5) is 0 Å². The van der Waals surface area contributed by atoms with Crippen LogP contribution >= 0.6 is 11.6 Å². The zero-order chi connectivity index (χ0) is 16.1. The highest BCUT2D eigenvalue weighted by atomic mass is 35.5. The van der Waals surface area contributed by atoms with Crippen LogP contribution in [-0.2, 0) is 4.79 Å². The van der Waals surface area contributed by atoms with Crippen molar-refractivity contribution in [2.24, 2.45) is 11.0 Å². The SMILES string of the molecule is COc1ccc2cc(/C=N\NC(=O)CC(C)C)c(Cl)nc2c1. The smallest absolute Gasteiger partial charge is 0.240 e. The first-order chi connectivity index (χ1) is 10.5. The van der Waals surface area contributed by atoms with E-state index in [1.165, 1.54) is 6.21 Å². The van der Waals surface area contributed by atoms with E-state index in [0.29, 0.717) is 17.1 Å². The Labute approximate surface area is 134 Å². The van der Waals surface area contributed by atoms with Crippen molar-refractivity contribution in [1.29, 1.82) is 0 Å². The Balaban J connectivity index is 2.17. The second-order valence-electron chi connectivity index (χ2n) is 5.32. The van der Waals surface area contributed by atoms with Crippen molar-refractivity contribution in [3.63, 3.8) is 0 Å². The second kappa shape index (κ2) is 7.22. The van der Waals surface area contributed by atoms with Gasteiger partial charge < -0.3 is 4.74 Å². The van der Waals surface area contributed by atoms with Crippen molar-refractivity contribution in [2.75, 3.05) is 7.11 Å². The summed E-state index contributed by atoms with van der Waals surface area (Å²) in [4.78, 5) is 15.8. The molecule has 0 aliphatic rings. The highest BCUT2D eigenvalue weighted by molar-refractivity contribution is 6.32. The molecule has 0 saturated heterocycles. The minimum atomic E-state index is -0.124. The van der Waals surface area contributed by atoms with E-state index in [1.807, 2.05) is 38.1 Å². The van der Waals surface area contributed by atoms with Gasteiger partial charge in [-0.3, -0.25) is 4.79 Å². The molecule has 0 spiro atoms. The molecule has 0 unspecified atom stereocenters. The predicted molar refractivity (Wildman–Crippen MR) is 88.5 cm³/mol. The maximum Gasteiger partial charge on any atom is 0.240 e. The molecule has 2 rings (SSSR count). The molecule has 1 amide bonds. The number of rotatable bonds is 5. The van der Waals surface area contributed by atoms with Gasteiger partial charge in [0.15, 0.2) is 0 Å². The molecular formula is C16H18ClN3O2. The molecule has 1 N–H and O–H groups in total. The monoisotopic (exact) mass is 319 g/mol. The summed E-state index contributed by atoms with van der Waals surface area (Å²) >= 11 is 6.14. The molecule has 0 atom stereocenters. The number of ether oxygens (including phenoxy) is 1. The summed E-state index contributed by atoms with van der Waals surface area (Å²) in [5.41, 5.74) is 3.86. The fourth-order valence-electron chi connectivity index (χ4n) is 1.95. The van der Waals surface area contributed by atoms with E-state index in [-0.39, 0.29) is 11.8 Å². The number of benzene rings is 1. The quantitative estimate of drug-likeness (QED) is 0.522. The Kier molecular flexibility index (Phi) is 5.33. The average Bonchev–Trinajstić information content (AvgIpc) is 2.46. The molecule has 1 heterocycles. The van der Waals surface area contributed by atoms with Crippen LogP contribution in [0.15, 0.2) is 29.4 Å². The fraction of sp³-hybridized carbons (Fsp3) is 0.312. The van der Waals surface area contributed by atoms with Crippen molar-refractivity contribution in [1.82, 2.24) is 10.4 Å². The Bertz CT molecular complexity index is 714. The molecule has 0 fully saturated rings. The number of carbonyl (C=O) groups is 1. The number of pyridine rings is 1. The van der Waals surface area contributed by atoms with Crippen LogP contribution in [-0.4, -0.2) is 24.2 Å². The number of methoxy groups -OCH3 is 1. The number of hydrogen-bond donors (Lipinski definition) is 1. The van der Waals surface area contributed by atoms with Crippen molar-refractivity contribution in [3.05, 3.63) is 35.0 Å². The van der Waals surface area contributed by atoms with Gasteiger partial charge in [-0.25, -0.2) is 10.4 Å². The number of fused-ring (bicyclic) bond motifs is 1. The van der Waals surface area contributed by atoms with Crippen molar-refractivity contribution in [3.8, 4) is 5.75 Å². The molecular weight excluding hydrogens is 302 g/mol. The average molecular weight is 320 g/mol. The third-order valence-corrected chi connectivity index (χ3v) is 3.29. The van der Waals surface area contributed by atoms with Crippen molar-refractivity contribution in [2.45, 2.75) is 20.3 Å². The Morgan fingerprint density at radius 3 is 2.91 bits per heavy atom. The highest BCUT2D eigenvalue weighted by Gasteiger charge is 2.06. The molecule has 1 aromatic carbocycles. The maximum atomic E-state index is 11.5. The largest absolute Gasteiger partial charge is 0.497 e. The summed E-state index contributed by atoms with van der Waals surface area (Å²) in [5.74, 6) is 0.885. The van der Waals surface area contributed by atoms with E-state index in [1.54, 1.807) is 7.11 Å². The third kappa shape index (κ3) is 4.18. The van der Waals surface area contributed by atoms with Crippen molar-refractivity contribution >= 4 is 34.6 Å². The van der Waals surface area contributed by atoms with Gasteiger partial charge in [-0.2, -0.15) is 5.10 Å². The number of nitrogens with zero attached hydrogens (tertiary/aromatic N) is 2. The van der Waals surface area contributed by atoms with E-state index >= 15 is 0 Å². The molecule has 0 saturated carbocycles. The summed E-state index contributed by atoms with van der Waals surface area (Å²) < 4.78 is 5.16. The lowest BCUT2D eigenvalue weighted by Gasteiger charge is -2.05. The van der Waals surface area contributed by atoms with Crippen LogP contribution in [0, 0.1) is 5.92 Å². The molecule has 0 radical (unpaired) electrons. The van der Waals surface area contributed by atoms with E-state index in [2.05, 4.69) is 15.5 Å². The number of halogens is 1. The number of aromatic nitrogens is 1. The standard InChI is InChI=1S/C16H18ClN3O2/c1-10(2)6-15(21)20-18-9-12-7-11-4-5-13(22-3)8-14(11)19-16(12)17/h4-5,7-10H,6H2,1-3H3,(H,20,21)/b18-9-. The van der Waals surface area contributed by atoms with E-state index < -0.39 is 0 Å². The Hall–Kier alpha value is -2.14. The zero-order valence-electron chi connectivity index (χ0n) is 12.8. The number of hydrazone groups is 1. The van der Waals surface area contributed by atoms with Crippen LogP contribution in [0.2, 0.25) is 5.15 Å². The van der Waals surface area contributed by atoms with Crippen LogP contribution in [0.5, 0.6) is 5.75 Å². The van der Waals surface area contributed by atoms with Crippen LogP contribution in [0.25, 0.3) is 10.9 Å². The lowest BCUT2D eigenvalue weighted by Crippen LogP contribution is -2.19. The fourth-order valence-corrected chi connectivity index (χ4v) is 2.14. The lowest BCUT2D eigenvalue weighted by molar-refractivity contribution is -0.121. The van der Waals surface area contributed by atoms with Gasteiger partial charge >= 0.3 is 0 Å². The van der Waals surface area contributed by atoms with E-state index in [9.17, 15) is 4.79 Å². The van der Waals surface area contributed by atoms with Gasteiger partial charge in [0.05, 0.1) is 18.8 Å². The first kappa shape index (κ1) is 16.2. The molecule has 0 bridgehead atoms. The number of hydrogen-bond acceptors (Lipinski definition) is 4. The van der Waals surface area contributed by atoms with Crippen molar-refractivity contribution < 1.29 is 9.53 Å². The Morgan fingerprint density at radius 1 is 1.45 bits per heavy atom. The maximum absolute atomic E-state index is 11.5. The van der Waals surface area contributed by atoms with E-state index in [4.69, 9.17) is 16.3 Å². The van der Waals surface area contributed by atoms with Gasteiger partial charge in [0.2, 0.25) is 5.91 Å². The summed E-state index contributed by atoms with van der Waals surface area (Å²) in [7, 11) is 1.60. The molecule has 116 valence electrons. The molecule has 0 aliphatic carbocycles. The Morgan fingerprint density at radius 2 is 2.23 bits per heavy atom. The first-order valence-electron chi connectivity index (χ1n) is 6.96. The second-order valence-corrected chi connectivity index (χ2v) is 5.68. The summed E-state index contributed by atoms with van der Waals surface area (Å²) in [5, 5.41) is 5.16. The zero-order valence-corrected chi connectivity index (χ0v) is 13.5. The van der Waals surface area contributed by atoms with Crippen LogP contribution < -0.4 is 10.2 Å². The molecule has 22 heavy (non-hydrogen) atoms. The van der Waals surface area contributed by atoms with Gasteiger partial charge in [-0.15, -0.1) is 0 Å². The van der Waals surface area contributed by atoms with Gasteiger partial charge in [-0.05, 0) is 24.1 Å². The molecule has 0 aliphatic heterocycles. The first-order valence-corrected chi connectivity index (χ1v) is 7.33. The lowest BCUT2D eigenvalue weighted by atomic mass is 10.1. The van der Waals surface area contributed by atoms with E-state index in [0.717, 1.165) is 16.7 Å². The van der Waals surface area contributed by atoms with Gasteiger partial charge in [-0.1, -0.05) is 25.4 Å². The van der Waals surface area contributed by atoms with Crippen LogP contribution in [0.3, 0.4) is 0 Å². The van der Waals surface area contributed by atoms with Gasteiger partial charge in [0.1, 0.15) is 10.9 Å². The summed E-state index contributed by atoms with van der Waals surface area (Å²) in [6.45, 7) is 3.95. The molecule has 6 heteroatoms. The number of nitrogens with one attached hydrogen (secondary N) is 1. The number of carbonyl (C=O) groups excluding carboxylic acids is 1. The topological polar surface area (TPSA) is 63.6 Å². The van der Waals surface area contributed by atoms with Gasteiger partial charge in [0, 0.05) is 23.4 Å². The predicted octanol–water partition coefficient (Wildman–Crippen LogP) is 3.39. The normalized spacial score (nSPS) is 11.3. The summed E-state index contributed by atoms with van der Waals surface area (Å²) in [6.07, 6.45) is 1.93. The van der Waals surface area contributed by atoms with Gasteiger partial charge in [0.25, 0.3) is 0 Å². The minimum absolute atomic E-state index is 0.124. The highest BCUT2D eigenvalue weighted by Crippen LogP contribution is 2.23.